The van der Waals surface area contributed by atoms with Gasteiger partial charge in [-0.3, -0.25) is 0 Å². The van der Waals surface area contributed by atoms with Crippen LogP contribution >= 0.6 is 11.3 Å². The average molecular weight is 286 g/mol. The maximum absolute atomic E-state index is 5.80. The number of para-hydroxylation sites is 2. The van der Waals surface area contributed by atoms with Crippen LogP contribution in [0, 0.1) is 0 Å². The summed E-state index contributed by atoms with van der Waals surface area (Å²) >= 11 is 1.55. The molecular formula is C14H14N4OS. The molecule has 3 aromatic rings. The number of hydrogen-bond donors (Lipinski definition) is 1. The first-order chi connectivity index (χ1) is 9.70. The second kappa shape index (κ2) is 4.97. The fourth-order valence-electron chi connectivity index (χ4n) is 2.13. The molecule has 5 nitrogen and oxygen atoms in total. The molecule has 0 spiro atoms. The number of nitrogens with two attached hydrogens (primary N) is 1. The molecule has 0 unspecified atom stereocenters. The van der Waals surface area contributed by atoms with Gasteiger partial charge >= 0.3 is 0 Å². The third kappa shape index (κ3) is 2.04. The lowest BCUT2D eigenvalue weighted by Gasteiger charge is -2.21. The lowest BCUT2D eigenvalue weighted by molar-refractivity contribution is 0.415. The number of ether oxygens (including phenoxy) is 1. The largest absolute Gasteiger partial charge is 0.495 e. The zero-order chi connectivity index (χ0) is 14.1. The molecule has 0 amide bonds. The first kappa shape index (κ1) is 12.7. The maximum Gasteiger partial charge on any atom is 0.223 e. The molecule has 102 valence electrons. The highest BCUT2D eigenvalue weighted by atomic mass is 32.1. The highest BCUT2D eigenvalue weighted by molar-refractivity contribution is 7.16. The molecule has 0 atom stereocenters. The number of nitrogen functional groups attached to an aromatic ring is 1. The fraction of sp³-hybridized carbons (Fsp3) is 0.143. The number of methoxy groups -OCH3 is 1. The van der Waals surface area contributed by atoms with E-state index in [2.05, 4.69) is 9.97 Å². The number of anilines is 3. The van der Waals surface area contributed by atoms with Gasteiger partial charge in [0.25, 0.3) is 0 Å². The van der Waals surface area contributed by atoms with E-state index in [0.717, 1.165) is 27.5 Å². The van der Waals surface area contributed by atoms with Crippen LogP contribution in [0.4, 0.5) is 17.5 Å². The van der Waals surface area contributed by atoms with E-state index < -0.39 is 0 Å². The van der Waals surface area contributed by atoms with Gasteiger partial charge < -0.3 is 15.4 Å². The Balaban J connectivity index is 2.17. The predicted octanol–water partition coefficient (Wildman–Crippen LogP) is 3.05. The van der Waals surface area contributed by atoms with E-state index in [0.29, 0.717) is 0 Å². The fourth-order valence-corrected chi connectivity index (χ4v) is 2.90. The Bertz CT molecular complexity index is 756. The molecule has 0 fully saturated rings. The van der Waals surface area contributed by atoms with Crippen LogP contribution in [0.25, 0.3) is 10.2 Å². The lowest BCUT2D eigenvalue weighted by Crippen LogP contribution is -2.14. The molecule has 3 rings (SSSR count). The molecule has 0 saturated heterocycles. The Labute approximate surface area is 120 Å². The van der Waals surface area contributed by atoms with Crippen molar-refractivity contribution in [1.29, 1.82) is 0 Å². The van der Waals surface area contributed by atoms with Crippen LogP contribution in [0.15, 0.2) is 35.7 Å². The van der Waals surface area contributed by atoms with Crippen molar-refractivity contribution in [3.8, 4) is 5.75 Å². The molecule has 2 N–H and O–H groups in total. The molecule has 0 aliphatic carbocycles. The van der Waals surface area contributed by atoms with Gasteiger partial charge in [0.1, 0.15) is 16.4 Å². The van der Waals surface area contributed by atoms with Gasteiger partial charge in [0, 0.05) is 7.05 Å². The van der Waals surface area contributed by atoms with Gasteiger partial charge in [0.2, 0.25) is 5.95 Å². The lowest BCUT2D eigenvalue weighted by atomic mass is 10.2. The molecule has 0 saturated carbocycles. The van der Waals surface area contributed by atoms with E-state index in [-0.39, 0.29) is 5.95 Å². The summed E-state index contributed by atoms with van der Waals surface area (Å²) in [6.45, 7) is 0. The van der Waals surface area contributed by atoms with E-state index in [1.807, 2.05) is 47.7 Å². The van der Waals surface area contributed by atoms with E-state index >= 15 is 0 Å². The van der Waals surface area contributed by atoms with Crippen LogP contribution < -0.4 is 15.4 Å². The van der Waals surface area contributed by atoms with Crippen molar-refractivity contribution in [1.82, 2.24) is 9.97 Å². The Hall–Kier alpha value is -2.34. The zero-order valence-electron chi connectivity index (χ0n) is 11.2. The first-order valence-electron chi connectivity index (χ1n) is 6.08. The molecule has 0 aliphatic rings. The van der Waals surface area contributed by atoms with Crippen LogP contribution in [0.3, 0.4) is 0 Å². The number of benzene rings is 1. The third-order valence-corrected chi connectivity index (χ3v) is 3.89. The van der Waals surface area contributed by atoms with Crippen molar-refractivity contribution in [2.75, 3.05) is 24.8 Å². The normalized spacial score (nSPS) is 10.7. The Morgan fingerprint density at radius 2 is 2.00 bits per heavy atom. The minimum Gasteiger partial charge on any atom is -0.495 e. The third-order valence-electron chi connectivity index (χ3n) is 3.09. The Morgan fingerprint density at radius 3 is 2.80 bits per heavy atom. The topological polar surface area (TPSA) is 64.3 Å². The van der Waals surface area contributed by atoms with Gasteiger partial charge in [0.05, 0.1) is 18.2 Å². The summed E-state index contributed by atoms with van der Waals surface area (Å²) in [5, 5.41) is 2.97. The van der Waals surface area contributed by atoms with E-state index in [9.17, 15) is 0 Å². The molecule has 2 heterocycles. The van der Waals surface area contributed by atoms with Crippen LogP contribution in [0.5, 0.6) is 5.75 Å². The summed E-state index contributed by atoms with van der Waals surface area (Å²) < 4.78 is 5.40. The SMILES string of the molecule is COc1ccccc1N(C)c1nc(N)nc2sccc12. The average Bonchev–Trinajstić information content (AvgIpc) is 2.93. The van der Waals surface area contributed by atoms with Crippen LogP contribution in [-0.2, 0) is 0 Å². The number of nitrogens with zero attached hydrogens (tertiary/aromatic N) is 3. The van der Waals surface area contributed by atoms with Gasteiger partial charge in [0.15, 0.2) is 0 Å². The molecule has 0 radical (unpaired) electrons. The minimum absolute atomic E-state index is 0.275. The van der Waals surface area contributed by atoms with Crippen molar-refractivity contribution in [2.24, 2.45) is 0 Å². The highest BCUT2D eigenvalue weighted by Crippen LogP contribution is 2.35. The first-order valence-corrected chi connectivity index (χ1v) is 6.96. The van der Waals surface area contributed by atoms with Crippen molar-refractivity contribution >= 4 is 39.0 Å². The zero-order valence-corrected chi connectivity index (χ0v) is 12.0. The number of aromatic nitrogens is 2. The summed E-state index contributed by atoms with van der Waals surface area (Å²) in [7, 11) is 3.60. The number of thiophene rings is 1. The van der Waals surface area contributed by atoms with E-state index in [1.165, 1.54) is 0 Å². The Kier molecular flexibility index (Phi) is 3.15. The Morgan fingerprint density at radius 1 is 1.20 bits per heavy atom. The quantitative estimate of drug-likeness (QED) is 0.801. The minimum atomic E-state index is 0.275. The molecule has 6 heteroatoms. The van der Waals surface area contributed by atoms with Gasteiger partial charge in [-0.15, -0.1) is 11.3 Å². The molecule has 1 aromatic carbocycles. The standard InChI is InChI=1S/C14H14N4OS/c1-18(10-5-3-4-6-11(10)19-2)12-9-7-8-20-13(9)17-14(15)16-12/h3-8H,1-2H3,(H2,15,16,17). The summed E-state index contributed by atoms with van der Waals surface area (Å²) in [5.41, 5.74) is 6.73. The number of rotatable bonds is 3. The predicted molar refractivity (Wildman–Crippen MR) is 82.9 cm³/mol. The van der Waals surface area contributed by atoms with E-state index in [4.69, 9.17) is 10.5 Å². The molecule has 0 aliphatic heterocycles. The molecule has 2 aromatic heterocycles. The highest BCUT2D eigenvalue weighted by Gasteiger charge is 2.15. The maximum atomic E-state index is 5.80. The number of hydrogen-bond acceptors (Lipinski definition) is 6. The van der Waals surface area contributed by atoms with Crippen LogP contribution in [0.1, 0.15) is 0 Å². The summed E-state index contributed by atoms with van der Waals surface area (Å²) in [6.07, 6.45) is 0. The van der Waals surface area contributed by atoms with Gasteiger partial charge in [-0.2, -0.15) is 4.98 Å². The molecular weight excluding hydrogens is 272 g/mol. The van der Waals surface area contributed by atoms with Crippen molar-refractivity contribution < 1.29 is 4.74 Å². The van der Waals surface area contributed by atoms with Gasteiger partial charge in [-0.05, 0) is 23.6 Å². The van der Waals surface area contributed by atoms with Crippen molar-refractivity contribution in [2.45, 2.75) is 0 Å². The summed E-state index contributed by atoms with van der Waals surface area (Å²) in [4.78, 5) is 11.5. The second-order valence-corrected chi connectivity index (χ2v) is 5.17. The van der Waals surface area contributed by atoms with Crippen LogP contribution in [-0.4, -0.2) is 24.1 Å². The van der Waals surface area contributed by atoms with Crippen molar-refractivity contribution in [3.63, 3.8) is 0 Å². The molecule has 20 heavy (non-hydrogen) atoms. The monoisotopic (exact) mass is 286 g/mol. The van der Waals surface area contributed by atoms with Gasteiger partial charge in [-0.1, -0.05) is 12.1 Å². The number of fused-ring (bicyclic) bond motifs is 1. The summed E-state index contributed by atoms with van der Waals surface area (Å²) in [5.74, 6) is 1.84. The van der Waals surface area contributed by atoms with Crippen LogP contribution in [0.2, 0.25) is 0 Å². The van der Waals surface area contributed by atoms with Gasteiger partial charge in [-0.25, -0.2) is 4.98 Å². The van der Waals surface area contributed by atoms with Crippen molar-refractivity contribution in [3.05, 3.63) is 35.7 Å². The summed E-state index contributed by atoms with van der Waals surface area (Å²) in [6, 6.07) is 9.80. The molecule has 0 bridgehead atoms. The smallest absolute Gasteiger partial charge is 0.223 e. The second-order valence-electron chi connectivity index (χ2n) is 4.28. The van der Waals surface area contributed by atoms with E-state index in [1.54, 1.807) is 18.4 Å².